The van der Waals surface area contributed by atoms with E-state index in [-0.39, 0.29) is 11.7 Å². The highest BCUT2D eigenvalue weighted by Gasteiger charge is 2.18. The van der Waals surface area contributed by atoms with Crippen LogP contribution in [0.5, 0.6) is 0 Å². The fourth-order valence-electron chi connectivity index (χ4n) is 3.78. The molecule has 0 fully saturated rings. The molecule has 0 saturated carbocycles. The van der Waals surface area contributed by atoms with E-state index in [0.717, 1.165) is 39.5 Å². The summed E-state index contributed by atoms with van der Waals surface area (Å²) in [4.78, 5) is 12.7. The zero-order valence-electron chi connectivity index (χ0n) is 18.7. The third-order valence-corrected chi connectivity index (χ3v) is 6.13. The third-order valence-electron chi connectivity index (χ3n) is 5.16. The first-order valence-corrected chi connectivity index (χ1v) is 11.4. The Balaban J connectivity index is 1.55. The van der Waals surface area contributed by atoms with E-state index in [1.807, 2.05) is 55.7 Å². The number of hydrogen-bond donors (Lipinski definition) is 1. The van der Waals surface area contributed by atoms with Gasteiger partial charge in [-0.1, -0.05) is 53.2 Å². The maximum atomic E-state index is 12.7. The van der Waals surface area contributed by atoms with E-state index in [9.17, 15) is 4.79 Å². The number of aromatic nitrogens is 3. The van der Waals surface area contributed by atoms with Crippen molar-refractivity contribution in [2.24, 2.45) is 0 Å². The molecule has 2 aromatic heterocycles. The van der Waals surface area contributed by atoms with Crippen molar-refractivity contribution in [2.75, 3.05) is 11.1 Å². The number of nitrogens with one attached hydrogen (secondary N) is 1. The van der Waals surface area contributed by atoms with Gasteiger partial charge in [0.1, 0.15) is 5.76 Å². The zero-order chi connectivity index (χ0) is 22.7. The largest absolute Gasteiger partial charge is 0.467 e. The zero-order valence-corrected chi connectivity index (χ0v) is 19.5. The van der Waals surface area contributed by atoms with Crippen LogP contribution in [-0.4, -0.2) is 26.4 Å². The smallest absolute Gasteiger partial charge is 0.234 e. The number of carbonyl (C=O) groups excluding carboxylic acids is 1. The van der Waals surface area contributed by atoms with Crippen molar-refractivity contribution in [3.05, 3.63) is 82.8 Å². The van der Waals surface area contributed by atoms with Crippen molar-refractivity contribution in [3.63, 3.8) is 0 Å². The maximum Gasteiger partial charge on any atom is 0.234 e. The molecule has 0 bridgehead atoms. The molecule has 6 nitrogen and oxygen atoms in total. The molecule has 32 heavy (non-hydrogen) atoms. The van der Waals surface area contributed by atoms with Crippen LogP contribution >= 0.6 is 11.8 Å². The average Bonchev–Trinajstić information content (AvgIpc) is 3.39. The standard InChI is InChI=1S/C25H26N4O2S/c1-16-7-5-8-20(13-16)24-27-28-25(29(24)14-21-9-6-10-31-21)32-15-22(30)26-23-18(3)11-17(2)12-19(23)4/h5-13H,14-15H2,1-4H3,(H,26,30). The molecule has 0 aliphatic heterocycles. The third kappa shape index (κ3) is 4.94. The van der Waals surface area contributed by atoms with Gasteiger partial charge >= 0.3 is 0 Å². The number of benzene rings is 2. The van der Waals surface area contributed by atoms with Gasteiger partial charge in [0.05, 0.1) is 18.6 Å². The SMILES string of the molecule is Cc1cccc(-c2nnc(SCC(=O)Nc3c(C)cc(C)cc3C)n2Cc2ccco2)c1. The summed E-state index contributed by atoms with van der Waals surface area (Å²) in [6, 6.07) is 16.1. The Hall–Kier alpha value is -3.32. The number of hydrogen-bond acceptors (Lipinski definition) is 5. The van der Waals surface area contributed by atoms with E-state index in [1.54, 1.807) is 6.26 Å². The summed E-state index contributed by atoms with van der Waals surface area (Å²) < 4.78 is 7.55. The molecule has 0 saturated heterocycles. The summed E-state index contributed by atoms with van der Waals surface area (Å²) >= 11 is 1.37. The Kier molecular flexibility index (Phi) is 6.46. The van der Waals surface area contributed by atoms with Gasteiger partial charge in [-0.05, 0) is 57.0 Å². The molecule has 4 aromatic rings. The number of amides is 1. The van der Waals surface area contributed by atoms with Gasteiger partial charge in [0.15, 0.2) is 11.0 Å². The molecule has 0 aliphatic carbocycles. The lowest BCUT2D eigenvalue weighted by atomic mass is 10.1. The predicted molar refractivity (Wildman–Crippen MR) is 128 cm³/mol. The number of carbonyl (C=O) groups is 1. The number of anilines is 1. The molecule has 164 valence electrons. The fourth-order valence-corrected chi connectivity index (χ4v) is 4.51. The van der Waals surface area contributed by atoms with Crippen LogP contribution in [0.1, 0.15) is 28.0 Å². The molecule has 2 heterocycles. The molecule has 0 unspecified atom stereocenters. The summed E-state index contributed by atoms with van der Waals surface area (Å²) in [5.41, 5.74) is 6.30. The van der Waals surface area contributed by atoms with Gasteiger partial charge in [-0.25, -0.2) is 0 Å². The van der Waals surface area contributed by atoms with E-state index in [4.69, 9.17) is 4.42 Å². The van der Waals surface area contributed by atoms with E-state index >= 15 is 0 Å². The lowest BCUT2D eigenvalue weighted by molar-refractivity contribution is -0.113. The first-order valence-electron chi connectivity index (χ1n) is 10.4. The lowest BCUT2D eigenvalue weighted by Gasteiger charge is -2.13. The summed E-state index contributed by atoms with van der Waals surface area (Å²) in [6.45, 7) is 8.61. The highest BCUT2D eigenvalue weighted by molar-refractivity contribution is 7.99. The molecule has 0 radical (unpaired) electrons. The summed E-state index contributed by atoms with van der Waals surface area (Å²) in [5.74, 6) is 1.71. The summed E-state index contributed by atoms with van der Waals surface area (Å²) in [6.07, 6.45) is 1.65. The van der Waals surface area contributed by atoms with E-state index in [1.165, 1.54) is 17.3 Å². The van der Waals surface area contributed by atoms with Crippen LogP contribution in [0.2, 0.25) is 0 Å². The Morgan fingerprint density at radius 2 is 1.78 bits per heavy atom. The molecular weight excluding hydrogens is 420 g/mol. The molecule has 2 aromatic carbocycles. The molecule has 1 amide bonds. The maximum absolute atomic E-state index is 12.7. The number of thioether (sulfide) groups is 1. The minimum atomic E-state index is -0.0743. The quantitative estimate of drug-likeness (QED) is 0.377. The Labute approximate surface area is 192 Å². The Morgan fingerprint density at radius 1 is 1.00 bits per heavy atom. The second kappa shape index (κ2) is 9.44. The monoisotopic (exact) mass is 446 g/mol. The molecular formula is C25H26N4O2S. The molecule has 0 spiro atoms. The average molecular weight is 447 g/mol. The van der Waals surface area contributed by atoms with Crippen LogP contribution in [0.25, 0.3) is 11.4 Å². The Bertz CT molecular complexity index is 1220. The molecule has 1 N–H and O–H groups in total. The van der Waals surface area contributed by atoms with Crippen LogP contribution < -0.4 is 5.32 Å². The van der Waals surface area contributed by atoms with E-state index < -0.39 is 0 Å². The molecule has 4 rings (SSSR count). The van der Waals surface area contributed by atoms with Crippen LogP contribution in [0.3, 0.4) is 0 Å². The van der Waals surface area contributed by atoms with Gasteiger partial charge in [0.25, 0.3) is 0 Å². The van der Waals surface area contributed by atoms with Gasteiger partial charge in [-0.15, -0.1) is 10.2 Å². The number of rotatable bonds is 7. The van der Waals surface area contributed by atoms with Crippen molar-refractivity contribution in [1.82, 2.24) is 14.8 Å². The topological polar surface area (TPSA) is 73.0 Å². The van der Waals surface area contributed by atoms with Crippen molar-refractivity contribution in [3.8, 4) is 11.4 Å². The van der Waals surface area contributed by atoms with Gasteiger partial charge < -0.3 is 9.73 Å². The molecule has 0 aliphatic rings. The number of furan rings is 1. The number of nitrogens with zero attached hydrogens (tertiary/aromatic N) is 3. The number of aryl methyl sites for hydroxylation is 4. The van der Waals surface area contributed by atoms with Gasteiger partial charge in [0.2, 0.25) is 5.91 Å². The van der Waals surface area contributed by atoms with Crippen molar-refractivity contribution in [2.45, 2.75) is 39.4 Å². The molecule has 7 heteroatoms. The van der Waals surface area contributed by atoms with Crippen LogP contribution in [0.4, 0.5) is 5.69 Å². The highest BCUT2D eigenvalue weighted by atomic mass is 32.2. The van der Waals surface area contributed by atoms with Crippen molar-refractivity contribution >= 4 is 23.4 Å². The normalized spacial score (nSPS) is 11.0. The van der Waals surface area contributed by atoms with E-state index in [2.05, 4.69) is 40.6 Å². The minimum absolute atomic E-state index is 0.0743. The van der Waals surface area contributed by atoms with Gasteiger partial charge in [0, 0.05) is 11.3 Å². The lowest BCUT2D eigenvalue weighted by Crippen LogP contribution is -2.16. The van der Waals surface area contributed by atoms with Gasteiger partial charge in [-0.3, -0.25) is 9.36 Å². The second-order valence-electron chi connectivity index (χ2n) is 7.95. The van der Waals surface area contributed by atoms with Crippen LogP contribution in [0, 0.1) is 27.7 Å². The summed E-state index contributed by atoms with van der Waals surface area (Å²) in [5, 5.41) is 12.5. The first kappa shape index (κ1) is 21.9. The van der Waals surface area contributed by atoms with Crippen molar-refractivity contribution < 1.29 is 9.21 Å². The van der Waals surface area contributed by atoms with Crippen molar-refractivity contribution in [1.29, 1.82) is 0 Å². The first-order chi connectivity index (χ1) is 15.4. The fraction of sp³-hybridized carbons (Fsp3) is 0.240. The van der Waals surface area contributed by atoms with Crippen LogP contribution in [-0.2, 0) is 11.3 Å². The Morgan fingerprint density at radius 3 is 2.47 bits per heavy atom. The predicted octanol–water partition coefficient (Wildman–Crippen LogP) is 5.55. The second-order valence-corrected chi connectivity index (χ2v) is 8.89. The molecule has 0 atom stereocenters. The van der Waals surface area contributed by atoms with E-state index in [0.29, 0.717) is 11.7 Å². The highest BCUT2D eigenvalue weighted by Crippen LogP contribution is 2.27. The van der Waals surface area contributed by atoms with Gasteiger partial charge in [-0.2, -0.15) is 0 Å². The minimum Gasteiger partial charge on any atom is -0.467 e. The van der Waals surface area contributed by atoms with Crippen LogP contribution in [0.15, 0.2) is 64.4 Å². The summed E-state index contributed by atoms with van der Waals surface area (Å²) in [7, 11) is 0.